The van der Waals surface area contributed by atoms with Crippen LogP contribution in [0, 0.1) is 0 Å². The lowest BCUT2D eigenvalue weighted by atomic mass is 10.0. The second-order valence-electron chi connectivity index (χ2n) is 12.0. The Morgan fingerprint density at radius 1 is 0.558 bits per heavy atom. The predicted octanol–water partition coefficient (Wildman–Crippen LogP) is 14.4. The fourth-order valence-corrected chi connectivity index (χ4v) is 10.9. The van der Waals surface area contributed by atoms with Crippen molar-refractivity contribution in [1.82, 2.24) is 0 Å². The minimum atomic E-state index is -0.00331. The van der Waals surface area contributed by atoms with Crippen LogP contribution in [0.25, 0.3) is 0 Å². The molecule has 0 aliphatic carbocycles. The van der Waals surface area contributed by atoms with E-state index in [1.807, 2.05) is 59.3 Å². The number of thioether (sulfide) groups is 4. The van der Waals surface area contributed by atoms with Crippen LogP contribution in [0.3, 0.4) is 0 Å². The van der Waals surface area contributed by atoms with Crippen LogP contribution in [0.15, 0.2) is 58.9 Å². The standard InChI is InChI=1S/C37H57NOS4/c1-3-5-7-9-11-13-15-17-19-24-28-32-33(29-25-20-18-16-14-12-10-8-6-4-2)42-37(41-32)36-40-30-34(43-36)35(39)38-31-26-22-21-23-27-31/h21-23,26-27,30H,3-20,24-25,28-29H2,1-2H3,(H,38,39). The van der Waals surface area contributed by atoms with Crippen molar-refractivity contribution >= 4 is 58.6 Å². The van der Waals surface area contributed by atoms with Crippen LogP contribution in [0.1, 0.15) is 155 Å². The smallest absolute Gasteiger partial charge is 0.262 e. The van der Waals surface area contributed by atoms with Crippen LogP contribution >= 0.6 is 47.0 Å². The van der Waals surface area contributed by atoms with Crippen LogP contribution in [0.5, 0.6) is 0 Å². The molecule has 0 fully saturated rings. The van der Waals surface area contributed by atoms with Crippen molar-refractivity contribution in [2.24, 2.45) is 0 Å². The highest BCUT2D eigenvalue weighted by Gasteiger charge is 2.28. The van der Waals surface area contributed by atoms with E-state index >= 15 is 0 Å². The minimum absolute atomic E-state index is 0.00331. The molecule has 2 heterocycles. The highest BCUT2D eigenvalue weighted by atomic mass is 32.2. The zero-order valence-corrected chi connectivity index (χ0v) is 30.3. The Balaban J connectivity index is 1.43. The lowest BCUT2D eigenvalue weighted by Crippen LogP contribution is -2.11. The molecule has 1 aromatic carbocycles. The van der Waals surface area contributed by atoms with Gasteiger partial charge in [-0.3, -0.25) is 4.79 Å². The number of anilines is 1. The molecule has 0 spiro atoms. The van der Waals surface area contributed by atoms with Gasteiger partial charge < -0.3 is 5.32 Å². The van der Waals surface area contributed by atoms with Crippen LogP contribution in [0.2, 0.25) is 0 Å². The summed E-state index contributed by atoms with van der Waals surface area (Å²) in [5.41, 5.74) is 0.851. The molecule has 2 nitrogen and oxygen atoms in total. The summed E-state index contributed by atoms with van der Waals surface area (Å²) < 4.78 is 2.68. The molecule has 0 unspecified atom stereocenters. The summed E-state index contributed by atoms with van der Waals surface area (Å²) in [6.07, 6.45) is 30.2. The van der Waals surface area contributed by atoms with Gasteiger partial charge in [0.2, 0.25) is 0 Å². The topological polar surface area (TPSA) is 29.1 Å². The molecule has 0 saturated heterocycles. The second kappa shape index (κ2) is 23.6. The molecule has 1 N–H and O–H groups in total. The molecule has 6 heteroatoms. The number of amides is 1. The average Bonchev–Trinajstić information content (AvgIpc) is 3.67. The van der Waals surface area contributed by atoms with Gasteiger partial charge in [-0.2, -0.15) is 0 Å². The van der Waals surface area contributed by atoms with E-state index in [9.17, 15) is 4.79 Å². The van der Waals surface area contributed by atoms with Gasteiger partial charge in [0, 0.05) is 15.5 Å². The molecule has 0 aromatic heterocycles. The number of carbonyl (C=O) groups is 1. The largest absolute Gasteiger partial charge is 0.322 e. The summed E-state index contributed by atoms with van der Waals surface area (Å²) in [5, 5.41) is 5.08. The van der Waals surface area contributed by atoms with Crippen molar-refractivity contribution in [2.75, 3.05) is 5.32 Å². The molecule has 240 valence electrons. The maximum atomic E-state index is 12.9. The van der Waals surface area contributed by atoms with Crippen molar-refractivity contribution in [1.29, 1.82) is 0 Å². The van der Waals surface area contributed by atoms with Gasteiger partial charge in [-0.25, -0.2) is 0 Å². The fraction of sp³-hybridized carbons (Fsp3) is 0.649. The maximum Gasteiger partial charge on any atom is 0.262 e. The van der Waals surface area contributed by atoms with Gasteiger partial charge in [0.05, 0.1) is 13.4 Å². The summed E-state index contributed by atoms with van der Waals surface area (Å²) in [5.74, 6) is -0.00331. The monoisotopic (exact) mass is 659 g/mol. The molecule has 0 atom stereocenters. The number of hydrogen-bond donors (Lipinski definition) is 1. The third-order valence-corrected chi connectivity index (χ3v) is 13.8. The van der Waals surface area contributed by atoms with E-state index in [2.05, 4.69) is 19.2 Å². The van der Waals surface area contributed by atoms with E-state index in [4.69, 9.17) is 0 Å². The van der Waals surface area contributed by atoms with Gasteiger partial charge in [0.1, 0.15) is 0 Å². The molecule has 1 amide bonds. The van der Waals surface area contributed by atoms with Crippen molar-refractivity contribution in [3.05, 3.63) is 58.9 Å². The Hall–Kier alpha value is -0.690. The third kappa shape index (κ3) is 15.4. The number of carbonyl (C=O) groups excluding carboxylic acids is 1. The molecular weight excluding hydrogens is 603 g/mol. The maximum absolute atomic E-state index is 12.9. The first-order valence-corrected chi connectivity index (χ1v) is 20.8. The van der Waals surface area contributed by atoms with E-state index in [1.165, 1.54) is 150 Å². The summed E-state index contributed by atoms with van der Waals surface area (Å²) in [7, 11) is 0. The third-order valence-electron chi connectivity index (χ3n) is 8.16. The molecule has 3 rings (SSSR count). The van der Waals surface area contributed by atoms with E-state index in [-0.39, 0.29) is 5.91 Å². The van der Waals surface area contributed by atoms with E-state index in [0.29, 0.717) is 0 Å². The van der Waals surface area contributed by atoms with Crippen LogP contribution in [0.4, 0.5) is 5.69 Å². The zero-order valence-electron chi connectivity index (χ0n) is 27.1. The fourth-order valence-electron chi connectivity index (χ4n) is 5.53. The molecule has 1 aromatic rings. The SMILES string of the molecule is CCCCCCCCCCCCC1=C(CCCCCCCCCCCC)SC(=C2SC=C(C(=O)Nc3ccccc3)S2)S1. The summed E-state index contributed by atoms with van der Waals surface area (Å²) in [6.45, 7) is 4.59. The predicted molar refractivity (Wildman–Crippen MR) is 200 cm³/mol. The lowest BCUT2D eigenvalue weighted by Gasteiger charge is -2.06. The number of rotatable bonds is 24. The first-order chi connectivity index (χ1) is 21.2. The molecular formula is C37H57NOS4. The molecule has 2 aliphatic rings. The van der Waals surface area contributed by atoms with E-state index in [0.717, 1.165) is 10.6 Å². The van der Waals surface area contributed by atoms with Crippen LogP contribution < -0.4 is 5.32 Å². The molecule has 2 aliphatic heterocycles. The molecule has 0 saturated carbocycles. The number of allylic oxidation sites excluding steroid dienone is 2. The van der Waals surface area contributed by atoms with Gasteiger partial charge in [-0.1, -0.05) is 195 Å². The molecule has 0 radical (unpaired) electrons. The van der Waals surface area contributed by atoms with Crippen molar-refractivity contribution in [2.45, 2.75) is 155 Å². The van der Waals surface area contributed by atoms with Gasteiger partial charge in [-0.15, -0.1) is 0 Å². The Morgan fingerprint density at radius 3 is 1.47 bits per heavy atom. The highest BCUT2D eigenvalue weighted by molar-refractivity contribution is 8.34. The number of para-hydroxylation sites is 1. The molecule has 43 heavy (non-hydrogen) atoms. The van der Waals surface area contributed by atoms with Gasteiger partial charge in [-0.05, 0) is 43.2 Å². The van der Waals surface area contributed by atoms with Crippen LogP contribution in [-0.4, -0.2) is 5.91 Å². The number of unbranched alkanes of at least 4 members (excludes halogenated alkanes) is 18. The van der Waals surface area contributed by atoms with Crippen molar-refractivity contribution in [3.63, 3.8) is 0 Å². The van der Waals surface area contributed by atoms with E-state index in [1.54, 1.807) is 33.3 Å². The lowest BCUT2D eigenvalue weighted by molar-refractivity contribution is -0.112. The number of nitrogens with one attached hydrogen (secondary N) is 1. The number of hydrogen-bond acceptors (Lipinski definition) is 5. The van der Waals surface area contributed by atoms with Gasteiger partial charge in [0.25, 0.3) is 5.91 Å². The number of benzene rings is 1. The first-order valence-electron chi connectivity index (χ1n) is 17.4. The van der Waals surface area contributed by atoms with Crippen molar-refractivity contribution in [3.8, 4) is 0 Å². The normalized spacial score (nSPS) is 15.1. The Labute approximate surface area is 281 Å². The minimum Gasteiger partial charge on any atom is -0.322 e. The Morgan fingerprint density at radius 2 is 1.00 bits per heavy atom. The highest BCUT2D eigenvalue weighted by Crippen LogP contribution is 2.59. The second-order valence-corrected chi connectivity index (χ2v) is 16.7. The van der Waals surface area contributed by atoms with Gasteiger partial charge >= 0.3 is 0 Å². The Bertz CT molecular complexity index is 979. The van der Waals surface area contributed by atoms with Crippen molar-refractivity contribution < 1.29 is 4.79 Å². The summed E-state index contributed by atoms with van der Waals surface area (Å²) in [4.78, 5) is 16.9. The average molecular weight is 660 g/mol. The first kappa shape index (κ1) is 36.8. The van der Waals surface area contributed by atoms with Gasteiger partial charge in [0.15, 0.2) is 0 Å². The summed E-state index contributed by atoms with van der Waals surface area (Å²) >= 11 is 7.40. The zero-order chi connectivity index (χ0) is 30.4. The summed E-state index contributed by atoms with van der Waals surface area (Å²) in [6, 6.07) is 9.77. The Kier molecular flexibility index (Phi) is 20.2. The van der Waals surface area contributed by atoms with Crippen LogP contribution in [-0.2, 0) is 4.79 Å². The quantitative estimate of drug-likeness (QED) is 0.112. The van der Waals surface area contributed by atoms with E-state index < -0.39 is 0 Å². The molecule has 0 bridgehead atoms.